The van der Waals surface area contributed by atoms with Crippen molar-refractivity contribution >= 4 is 16.6 Å². The van der Waals surface area contributed by atoms with Crippen LogP contribution in [0, 0.1) is 10.1 Å². The lowest BCUT2D eigenvalue weighted by atomic mass is 10.0. The number of benzene rings is 2. The first-order chi connectivity index (χ1) is 9.66. The molecule has 0 unspecified atom stereocenters. The van der Waals surface area contributed by atoms with E-state index >= 15 is 0 Å². The summed E-state index contributed by atoms with van der Waals surface area (Å²) in [4.78, 5) is 13.3. The molecule has 2 N–H and O–H groups in total. The summed E-state index contributed by atoms with van der Waals surface area (Å²) in [7, 11) is 0. The molecule has 0 aliphatic carbocycles. The number of para-hydroxylation sites is 1. The van der Waals surface area contributed by atoms with E-state index in [1.807, 2.05) is 24.3 Å². The zero-order chi connectivity index (χ0) is 14.1. The van der Waals surface area contributed by atoms with Crippen LogP contribution < -0.4 is 0 Å². The van der Waals surface area contributed by atoms with E-state index in [1.54, 1.807) is 18.3 Å². The van der Waals surface area contributed by atoms with Gasteiger partial charge in [0.1, 0.15) is 6.10 Å². The molecule has 2 aromatic carbocycles. The minimum Gasteiger partial charge on any atom is -0.384 e. The van der Waals surface area contributed by atoms with Gasteiger partial charge >= 0.3 is 0 Å². The van der Waals surface area contributed by atoms with Gasteiger partial charge in [0, 0.05) is 34.8 Å². The quantitative estimate of drug-likeness (QED) is 0.565. The molecule has 20 heavy (non-hydrogen) atoms. The Balaban J connectivity index is 1.99. The van der Waals surface area contributed by atoms with Crippen LogP contribution in [0.3, 0.4) is 0 Å². The lowest BCUT2D eigenvalue weighted by molar-refractivity contribution is -0.384. The number of nitro groups is 1. The summed E-state index contributed by atoms with van der Waals surface area (Å²) in [5.74, 6) is 0. The third-order valence-corrected chi connectivity index (χ3v) is 3.34. The molecule has 0 radical (unpaired) electrons. The Hall–Kier alpha value is -2.66. The van der Waals surface area contributed by atoms with Crippen LogP contribution in [0.4, 0.5) is 5.69 Å². The van der Waals surface area contributed by atoms with Crippen LogP contribution in [0.15, 0.2) is 54.7 Å². The number of aromatic amines is 1. The number of hydrogen-bond donors (Lipinski definition) is 2. The van der Waals surface area contributed by atoms with E-state index < -0.39 is 11.0 Å². The van der Waals surface area contributed by atoms with E-state index in [-0.39, 0.29) is 5.69 Å². The lowest BCUT2D eigenvalue weighted by Crippen LogP contribution is -1.99. The van der Waals surface area contributed by atoms with Crippen molar-refractivity contribution in [3.8, 4) is 0 Å². The van der Waals surface area contributed by atoms with Gasteiger partial charge in [-0.05, 0) is 23.8 Å². The summed E-state index contributed by atoms with van der Waals surface area (Å²) in [6.07, 6.45) is 0.948. The van der Waals surface area contributed by atoms with E-state index in [2.05, 4.69) is 4.98 Å². The van der Waals surface area contributed by atoms with Crippen molar-refractivity contribution in [1.82, 2.24) is 4.98 Å². The Labute approximate surface area is 114 Å². The largest absolute Gasteiger partial charge is 0.384 e. The molecule has 0 bridgehead atoms. The molecule has 100 valence electrons. The average Bonchev–Trinajstić information content (AvgIpc) is 2.90. The fourth-order valence-electron chi connectivity index (χ4n) is 2.28. The summed E-state index contributed by atoms with van der Waals surface area (Å²) >= 11 is 0. The first-order valence-electron chi connectivity index (χ1n) is 6.15. The van der Waals surface area contributed by atoms with Crippen LogP contribution in [-0.4, -0.2) is 15.0 Å². The number of fused-ring (bicyclic) bond motifs is 1. The third kappa shape index (κ3) is 2.04. The van der Waals surface area contributed by atoms with Gasteiger partial charge < -0.3 is 10.1 Å². The molecule has 0 aliphatic heterocycles. The number of nitro benzene ring substituents is 1. The van der Waals surface area contributed by atoms with Gasteiger partial charge in [0.05, 0.1) is 4.92 Å². The molecule has 3 rings (SSSR count). The van der Waals surface area contributed by atoms with Gasteiger partial charge in [-0.2, -0.15) is 0 Å². The highest BCUT2D eigenvalue weighted by molar-refractivity contribution is 5.83. The zero-order valence-electron chi connectivity index (χ0n) is 10.5. The minimum atomic E-state index is -0.813. The number of hydrogen-bond acceptors (Lipinski definition) is 3. The van der Waals surface area contributed by atoms with Crippen LogP contribution in [0.2, 0.25) is 0 Å². The summed E-state index contributed by atoms with van der Waals surface area (Å²) < 4.78 is 0. The fourth-order valence-corrected chi connectivity index (χ4v) is 2.28. The predicted molar refractivity (Wildman–Crippen MR) is 75.5 cm³/mol. The van der Waals surface area contributed by atoms with Gasteiger partial charge in [-0.15, -0.1) is 0 Å². The molecular weight excluding hydrogens is 256 g/mol. The monoisotopic (exact) mass is 268 g/mol. The SMILES string of the molecule is O=[N+]([O-])c1ccc([C@@H](O)c2c[nH]c3ccccc23)cc1. The normalized spacial score (nSPS) is 12.4. The first kappa shape index (κ1) is 12.4. The number of aromatic nitrogens is 1. The highest BCUT2D eigenvalue weighted by Gasteiger charge is 2.16. The fraction of sp³-hybridized carbons (Fsp3) is 0.0667. The smallest absolute Gasteiger partial charge is 0.269 e. The third-order valence-electron chi connectivity index (χ3n) is 3.34. The molecule has 0 aliphatic rings. The maximum atomic E-state index is 10.6. The molecule has 3 aromatic rings. The van der Waals surface area contributed by atoms with Crippen molar-refractivity contribution in [2.24, 2.45) is 0 Å². The maximum absolute atomic E-state index is 10.6. The second-order valence-electron chi connectivity index (χ2n) is 4.54. The summed E-state index contributed by atoms with van der Waals surface area (Å²) in [6.45, 7) is 0. The Morgan fingerprint density at radius 3 is 2.50 bits per heavy atom. The number of aliphatic hydroxyl groups is 1. The number of nitrogens with zero attached hydrogens (tertiary/aromatic N) is 1. The van der Waals surface area contributed by atoms with E-state index in [9.17, 15) is 15.2 Å². The van der Waals surface area contributed by atoms with E-state index in [0.717, 1.165) is 16.5 Å². The summed E-state index contributed by atoms with van der Waals surface area (Å²) in [5, 5.41) is 22.0. The second-order valence-corrected chi connectivity index (χ2v) is 4.54. The van der Waals surface area contributed by atoms with Crippen LogP contribution in [-0.2, 0) is 0 Å². The lowest BCUT2D eigenvalue weighted by Gasteiger charge is -2.09. The van der Waals surface area contributed by atoms with Crippen molar-refractivity contribution in [2.45, 2.75) is 6.10 Å². The molecule has 5 nitrogen and oxygen atoms in total. The second kappa shape index (κ2) is 4.79. The predicted octanol–water partition coefficient (Wildman–Crippen LogP) is 3.16. The van der Waals surface area contributed by atoms with Gasteiger partial charge in [-0.25, -0.2) is 0 Å². The molecule has 1 atom stereocenters. The Kier molecular flexibility index (Phi) is 2.96. The number of rotatable bonds is 3. The van der Waals surface area contributed by atoms with Gasteiger partial charge in [0.2, 0.25) is 0 Å². The van der Waals surface area contributed by atoms with Crippen molar-refractivity contribution in [2.75, 3.05) is 0 Å². The minimum absolute atomic E-state index is 0.0138. The highest BCUT2D eigenvalue weighted by Crippen LogP contribution is 2.29. The Morgan fingerprint density at radius 2 is 1.80 bits per heavy atom. The molecule has 0 saturated heterocycles. The standard InChI is InChI=1S/C15H12N2O3/c18-15(10-5-7-11(8-6-10)17(19)20)13-9-16-14-4-2-1-3-12(13)14/h1-9,15-16,18H/t15-/m1/s1. The number of H-pyrrole nitrogens is 1. The van der Waals surface area contributed by atoms with Gasteiger partial charge in [0.15, 0.2) is 0 Å². The molecular formula is C15H12N2O3. The van der Waals surface area contributed by atoms with Crippen LogP contribution >= 0.6 is 0 Å². The highest BCUT2D eigenvalue weighted by atomic mass is 16.6. The van der Waals surface area contributed by atoms with Gasteiger partial charge in [-0.3, -0.25) is 10.1 Å². The molecule has 5 heteroatoms. The number of aliphatic hydroxyl groups excluding tert-OH is 1. The van der Waals surface area contributed by atoms with E-state index in [0.29, 0.717) is 5.56 Å². The van der Waals surface area contributed by atoms with E-state index in [1.165, 1.54) is 12.1 Å². The van der Waals surface area contributed by atoms with Crippen molar-refractivity contribution in [3.63, 3.8) is 0 Å². The topological polar surface area (TPSA) is 79.2 Å². The molecule has 1 heterocycles. The molecule has 0 spiro atoms. The maximum Gasteiger partial charge on any atom is 0.269 e. The summed E-state index contributed by atoms with van der Waals surface area (Å²) in [5.41, 5.74) is 2.35. The van der Waals surface area contributed by atoms with Crippen LogP contribution in [0.5, 0.6) is 0 Å². The van der Waals surface area contributed by atoms with Gasteiger partial charge in [-0.1, -0.05) is 18.2 Å². The zero-order valence-corrected chi connectivity index (χ0v) is 10.5. The Bertz CT molecular complexity index is 762. The molecule has 0 amide bonds. The van der Waals surface area contributed by atoms with Crippen molar-refractivity contribution in [3.05, 3.63) is 76.0 Å². The van der Waals surface area contributed by atoms with Crippen LogP contribution in [0.25, 0.3) is 10.9 Å². The molecule has 1 aromatic heterocycles. The van der Waals surface area contributed by atoms with Crippen molar-refractivity contribution in [1.29, 1.82) is 0 Å². The van der Waals surface area contributed by atoms with Crippen LogP contribution in [0.1, 0.15) is 17.2 Å². The van der Waals surface area contributed by atoms with Gasteiger partial charge in [0.25, 0.3) is 5.69 Å². The Morgan fingerprint density at radius 1 is 1.10 bits per heavy atom. The molecule has 0 saturated carbocycles. The first-order valence-corrected chi connectivity index (χ1v) is 6.15. The number of nitrogens with one attached hydrogen (secondary N) is 1. The van der Waals surface area contributed by atoms with E-state index in [4.69, 9.17) is 0 Å². The van der Waals surface area contributed by atoms with Crippen molar-refractivity contribution < 1.29 is 10.0 Å². The molecule has 0 fully saturated rings. The number of non-ortho nitro benzene ring substituents is 1. The summed E-state index contributed by atoms with van der Waals surface area (Å²) in [6, 6.07) is 13.6. The average molecular weight is 268 g/mol.